The van der Waals surface area contributed by atoms with Gasteiger partial charge in [-0.05, 0) is 49.8 Å². The smallest absolute Gasteiger partial charge is 0.264 e. The molecule has 0 saturated heterocycles. The number of halogens is 2. The Morgan fingerprint density at radius 1 is 1.12 bits per heavy atom. The molecular weight excluding hydrogens is 469 g/mol. The summed E-state index contributed by atoms with van der Waals surface area (Å²) in [4.78, 5) is 22.5. The van der Waals surface area contributed by atoms with E-state index in [0.717, 1.165) is 35.4 Å². The Morgan fingerprint density at radius 3 is 2.47 bits per heavy atom. The third kappa shape index (κ3) is 5.46. The lowest BCUT2D eigenvalue weighted by atomic mass is 10.1. The number of methoxy groups -OCH3 is 2. The minimum absolute atomic E-state index is 0. The second-order valence-electron chi connectivity index (χ2n) is 7.09. The minimum atomic E-state index is -0.175. The van der Waals surface area contributed by atoms with Crippen LogP contribution >= 0.6 is 35.3 Å². The first kappa shape index (κ1) is 26.2. The van der Waals surface area contributed by atoms with Crippen molar-refractivity contribution in [1.29, 1.82) is 0 Å². The van der Waals surface area contributed by atoms with Crippen LogP contribution in [-0.2, 0) is 0 Å². The van der Waals surface area contributed by atoms with Gasteiger partial charge in [0, 0.05) is 18.1 Å². The molecule has 3 aromatic rings. The summed E-state index contributed by atoms with van der Waals surface area (Å²) in [5, 5.41) is 1.30. The highest BCUT2D eigenvalue weighted by molar-refractivity contribution is 7.22. The monoisotopic (exact) mass is 497 g/mol. The number of rotatable bonds is 9. The number of carbonyl (C=O) groups excluding carboxylic acids is 1. The van der Waals surface area contributed by atoms with E-state index in [-0.39, 0.29) is 18.3 Å². The van der Waals surface area contributed by atoms with E-state index in [1.807, 2.05) is 19.1 Å². The van der Waals surface area contributed by atoms with Gasteiger partial charge in [-0.2, -0.15) is 0 Å². The molecule has 1 amide bonds. The highest BCUT2D eigenvalue weighted by Crippen LogP contribution is 2.36. The van der Waals surface area contributed by atoms with Gasteiger partial charge in [-0.25, -0.2) is 4.98 Å². The summed E-state index contributed by atoms with van der Waals surface area (Å²) in [7, 11) is 3.10. The van der Waals surface area contributed by atoms with Crippen molar-refractivity contribution in [3.63, 3.8) is 0 Å². The summed E-state index contributed by atoms with van der Waals surface area (Å²) in [6, 6.07) is 9.10. The van der Waals surface area contributed by atoms with Crippen LogP contribution in [0.25, 0.3) is 10.2 Å². The zero-order valence-corrected chi connectivity index (χ0v) is 21.4. The average molecular weight is 498 g/mol. The molecule has 0 atom stereocenters. The first-order chi connectivity index (χ1) is 14.9. The Balaban J connectivity index is 0.00000363. The van der Waals surface area contributed by atoms with Gasteiger partial charge >= 0.3 is 0 Å². The van der Waals surface area contributed by atoms with Gasteiger partial charge in [0.05, 0.1) is 30.0 Å². The normalized spacial score (nSPS) is 10.8. The number of hydrogen-bond acceptors (Lipinski definition) is 6. The fourth-order valence-corrected chi connectivity index (χ4v) is 4.97. The number of amides is 1. The average Bonchev–Trinajstić information content (AvgIpc) is 3.19. The van der Waals surface area contributed by atoms with E-state index in [1.54, 1.807) is 30.2 Å². The molecule has 0 aliphatic rings. The molecule has 0 bridgehead atoms. The zero-order chi connectivity index (χ0) is 22.5. The van der Waals surface area contributed by atoms with Gasteiger partial charge in [0.25, 0.3) is 5.91 Å². The maximum absolute atomic E-state index is 13.7. The number of thiazole rings is 1. The Morgan fingerprint density at radius 2 is 1.84 bits per heavy atom. The fraction of sp³-hybridized carbons (Fsp3) is 0.391. The maximum Gasteiger partial charge on any atom is 0.264 e. The molecule has 1 heterocycles. The molecule has 2 aromatic carbocycles. The summed E-state index contributed by atoms with van der Waals surface area (Å²) in [6.45, 7) is 9.28. The van der Waals surface area contributed by atoms with Gasteiger partial charge < -0.3 is 14.4 Å². The lowest BCUT2D eigenvalue weighted by Gasteiger charge is -2.25. The predicted molar refractivity (Wildman–Crippen MR) is 136 cm³/mol. The van der Waals surface area contributed by atoms with Crippen LogP contribution in [0.3, 0.4) is 0 Å². The molecule has 174 valence electrons. The molecule has 0 unspecified atom stereocenters. The number of aryl methyl sites for hydroxylation is 1. The second kappa shape index (κ2) is 11.7. The van der Waals surface area contributed by atoms with Crippen LogP contribution in [0.4, 0.5) is 5.13 Å². The molecule has 32 heavy (non-hydrogen) atoms. The molecule has 1 aromatic heterocycles. The number of likely N-dealkylation sites (N-methyl/N-ethyl adjacent to an activating group) is 1. The summed E-state index contributed by atoms with van der Waals surface area (Å²) >= 11 is 7.71. The van der Waals surface area contributed by atoms with Crippen molar-refractivity contribution in [2.75, 3.05) is 45.3 Å². The highest BCUT2D eigenvalue weighted by atomic mass is 35.5. The van der Waals surface area contributed by atoms with Gasteiger partial charge in [0.2, 0.25) is 0 Å². The SMILES string of the molecule is CCN(CC)CCN(C(=O)c1cccc(OC)c1OC)c1nc2c(C)cc(Cl)cc2s1.Cl. The van der Waals surface area contributed by atoms with E-state index < -0.39 is 0 Å². The van der Waals surface area contributed by atoms with Crippen molar-refractivity contribution in [3.05, 3.63) is 46.5 Å². The second-order valence-corrected chi connectivity index (χ2v) is 8.54. The number of carbonyl (C=O) groups is 1. The quantitative estimate of drug-likeness (QED) is 0.380. The Labute approximate surface area is 204 Å². The largest absolute Gasteiger partial charge is 0.493 e. The molecular formula is C23H29Cl2N3O3S. The van der Waals surface area contributed by atoms with Gasteiger partial charge in [0.15, 0.2) is 16.6 Å². The number of anilines is 1. The van der Waals surface area contributed by atoms with Gasteiger partial charge in [-0.1, -0.05) is 42.9 Å². The number of para-hydroxylation sites is 1. The molecule has 0 spiro atoms. The first-order valence-corrected chi connectivity index (χ1v) is 11.4. The summed E-state index contributed by atoms with van der Waals surface area (Å²) in [6.07, 6.45) is 0. The molecule has 0 saturated carbocycles. The number of hydrogen-bond donors (Lipinski definition) is 0. The number of benzene rings is 2. The Hall–Kier alpha value is -2.06. The Kier molecular flexibility index (Phi) is 9.58. The fourth-order valence-electron chi connectivity index (χ4n) is 3.52. The maximum atomic E-state index is 13.7. The van der Waals surface area contributed by atoms with Crippen molar-refractivity contribution >= 4 is 56.6 Å². The number of nitrogens with zero attached hydrogens (tertiary/aromatic N) is 3. The number of ether oxygens (including phenoxy) is 2. The summed E-state index contributed by atoms with van der Waals surface area (Å²) < 4.78 is 11.9. The van der Waals surface area contributed by atoms with E-state index in [4.69, 9.17) is 26.1 Å². The molecule has 0 aliphatic heterocycles. The van der Waals surface area contributed by atoms with Crippen LogP contribution in [0.2, 0.25) is 5.02 Å². The summed E-state index contributed by atoms with van der Waals surface area (Å²) in [5.74, 6) is 0.762. The lowest BCUT2D eigenvalue weighted by Crippen LogP contribution is -2.39. The Bertz CT molecular complexity index is 1070. The van der Waals surface area contributed by atoms with Crippen molar-refractivity contribution < 1.29 is 14.3 Å². The zero-order valence-electron chi connectivity index (χ0n) is 19.0. The lowest BCUT2D eigenvalue weighted by molar-refractivity contribution is 0.0980. The van der Waals surface area contributed by atoms with Crippen LogP contribution < -0.4 is 14.4 Å². The van der Waals surface area contributed by atoms with E-state index in [2.05, 4.69) is 18.7 Å². The van der Waals surface area contributed by atoms with E-state index in [9.17, 15) is 4.79 Å². The van der Waals surface area contributed by atoms with Crippen LogP contribution in [0.1, 0.15) is 29.8 Å². The molecule has 0 fully saturated rings. The van der Waals surface area contributed by atoms with Crippen LogP contribution in [0.15, 0.2) is 30.3 Å². The third-order valence-corrected chi connectivity index (χ3v) is 6.53. The highest BCUT2D eigenvalue weighted by Gasteiger charge is 2.26. The summed E-state index contributed by atoms with van der Waals surface area (Å²) in [5.41, 5.74) is 2.29. The van der Waals surface area contributed by atoms with Gasteiger partial charge in [-0.15, -0.1) is 12.4 Å². The third-order valence-electron chi connectivity index (χ3n) is 5.28. The molecule has 0 aliphatic carbocycles. The van der Waals surface area contributed by atoms with Crippen LogP contribution in [0, 0.1) is 6.92 Å². The standard InChI is InChI=1S/C23H28ClN3O3S.ClH/c1-6-26(7-2)11-12-27(22(28)17-9-8-10-18(29-4)21(17)30-5)23-25-20-15(3)13-16(24)14-19(20)31-23;/h8-10,13-14H,6-7,11-12H2,1-5H3;1H. The van der Waals surface area contributed by atoms with E-state index in [1.165, 1.54) is 18.4 Å². The molecule has 3 rings (SSSR count). The van der Waals surface area contributed by atoms with E-state index >= 15 is 0 Å². The number of fused-ring (bicyclic) bond motifs is 1. The first-order valence-electron chi connectivity index (χ1n) is 10.2. The van der Waals surface area contributed by atoms with E-state index in [0.29, 0.717) is 33.8 Å². The predicted octanol–water partition coefficient (Wildman–Crippen LogP) is 5.69. The van der Waals surface area contributed by atoms with Crippen LogP contribution in [0.5, 0.6) is 11.5 Å². The minimum Gasteiger partial charge on any atom is -0.493 e. The van der Waals surface area contributed by atoms with Crippen molar-refractivity contribution in [2.45, 2.75) is 20.8 Å². The molecule has 9 heteroatoms. The van der Waals surface area contributed by atoms with Gasteiger partial charge in [0.1, 0.15) is 0 Å². The van der Waals surface area contributed by atoms with Crippen LogP contribution in [-0.4, -0.2) is 56.2 Å². The molecule has 6 nitrogen and oxygen atoms in total. The van der Waals surface area contributed by atoms with Gasteiger partial charge in [-0.3, -0.25) is 9.69 Å². The number of aromatic nitrogens is 1. The topological polar surface area (TPSA) is 54.9 Å². The molecule has 0 N–H and O–H groups in total. The molecule has 0 radical (unpaired) electrons. The van der Waals surface area contributed by atoms with Crippen molar-refractivity contribution in [3.8, 4) is 11.5 Å². The van der Waals surface area contributed by atoms with Crippen molar-refractivity contribution in [2.24, 2.45) is 0 Å². The van der Waals surface area contributed by atoms with Crippen molar-refractivity contribution in [1.82, 2.24) is 9.88 Å².